The quantitative estimate of drug-likeness (QED) is 0.192. The number of methoxy groups -OCH3 is 1. The molecule has 6 heteroatoms. The van der Waals surface area contributed by atoms with Gasteiger partial charge in [0.1, 0.15) is 25.1 Å². The van der Waals surface area contributed by atoms with E-state index in [2.05, 4.69) is 99.8 Å². The first-order valence-corrected chi connectivity index (χ1v) is 17.0. The van der Waals surface area contributed by atoms with Gasteiger partial charge in [-0.1, -0.05) is 82.3 Å². The highest BCUT2D eigenvalue weighted by molar-refractivity contribution is 7.27. The Balaban J connectivity index is 0.000000635. The topological polar surface area (TPSA) is 40.2 Å². The van der Waals surface area contributed by atoms with Crippen LogP contribution in [0.25, 0.3) is 0 Å². The van der Waals surface area contributed by atoms with Gasteiger partial charge in [0.25, 0.3) is 0 Å². The maximum Gasteiger partial charge on any atom is 0.166 e. The molecule has 0 saturated carbocycles. The molecule has 0 radical (unpaired) electrons. The minimum Gasteiger partial charge on any atom is -0.489 e. The molecule has 0 bridgehead atoms. The fourth-order valence-electron chi connectivity index (χ4n) is 5.67. The van der Waals surface area contributed by atoms with E-state index in [1.54, 1.807) is 7.11 Å². The summed E-state index contributed by atoms with van der Waals surface area (Å²) in [7, 11) is 6.60. The fraction of sp³-hybridized carbons (Fsp3) is 0.436. The lowest BCUT2D eigenvalue weighted by Gasteiger charge is -2.34. The second kappa shape index (κ2) is 20.1. The van der Waals surface area contributed by atoms with E-state index < -0.39 is 0 Å². The molecule has 246 valence electrons. The van der Waals surface area contributed by atoms with Crippen LogP contribution in [-0.2, 0) is 29.9 Å². The van der Waals surface area contributed by atoms with Crippen molar-refractivity contribution in [1.29, 1.82) is 0 Å². The van der Waals surface area contributed by atoms with Gasteiger partial charge in [-0.2, -0.15) is 0 Å². The molecule has 1 spiro atoms. The van der Waals surface area contributed by atoms with Crippen LogP contribution in [0.5, 0.6) is 17.2 Å². The van der Waals surface area contributed by atoms with Gasteiger partial charge in [0, 0.05) is 25.8 Å². The van der Waals surface area contributed by atoms with Gasteiger partial charge in [-0.3, -0.25) is 0 Å². The number of hydrogen-bond acceptors (Lipinski definition) is 5. The van der Waals surface area contributed by atoms with E-state index in [4.69, 9.17) is 14.2 Å². The largest absolute Gasteiger partial charge is 0.489 e. The van der Waals surface area contributed by atoms with E-state index >= 15 is 0 Å². The number of nitrogens with zero attached hydrogens (tertiary/aromatic N) is 1. The molecule has 0 fully saturated rings. The zero-order chi connectivity index (χ0) is 33.2. The number of allylic oxidation sites excluding steroid dienone is 1. The Labute approximate surface area is 275 Å². The van der Waals surface area contributed by atoms with Crippen molar-refractivity contribution in [2.24, 2.45) is 0 Å². The highest BCUT2D eigenvalue weighted by Gasteiger charge is 2.51. The summed E-state index contributed by atoms with van der Waals surface area (Å²) in [4.78, 5) is 2.42. The first-order valence-electron chi connectivity index (χ1n) is 16.4. The van der Waals surface area contributed by atoms with Gasteiger partial charge in [-0.25, -0.2) is 0 Å². The van der Waals surface area contributed by atoms with Crippen LogP contribution in [0.15, 0.2) is 86.0 Å². The van der Waals surface area contributed by atoms with E-state index in [0.29, 0.717) is 13.2 Å². The summed E-state index contributed by atoms with van der Waals surface area (Å²) in [6, 6.07) is 20.8. The lowest BCUT2D eigenvalue weighted by molar-refractivity contribution is 0.138. The fourth-order valence-corrected chi connectivity index (χ4v) is 5.86. The standard InChI is InChI=1S/C30H32NO3P.C3H8O.2C2H6.C2H4/c1-31-17-16-30-15-3-2-4-27(30)34-29-26(14-9-23(18-31)28(29)30)33-20-21-5-10-24(11-6-21)32-19-22-7-12-25(35)13-8-22;1-3-4-2;3*1-2/h3,5-15,27H,2,4,16-20,35H2,1H3;3H2,1-2H3;2*1-2H3;1-2H2/t27-,30-;;;;/m0..../s1. The summed E-state index contributed by atoms with van der Waals surface area (Å²) in [6.07, 6.45) is 8.22. The molecule has 3 atom stereocenters. The van der Waals surface area contributed by atoms with E-state index in [-0.39, 0.29) is 11.5 Å². The van der Waals surface area contributed by atoms with Crippen LogP contribution < -0.4 is 19.5 Å². The van der Waals surface area contributed by atoms with Crippen molar-refractivity contribution < 1.29 is 18.9 Å². The Morgan fingerprint density at radius 1 is 0.911 bits per heavy atom. The minimum absolute atomic E-state index is 0.0116. The Hall–Kier alpha value is -3.11. The molecule has 3 aromatic carbocycles. The van der Waals surface area contributed by atoms with Gasteiger partial charge in [0.15, 0.2) is 11.5 Å². The molecule has 2 aliphatic heterocycles. The van der Waals surface area contributed by atoms with Gasteiger partial charge in [-0.05, 0) is 80.0 Å². The molecule has 3 aromatic rings. The monoisotopic (exact) mass is 633 g/mol. The first kappa shape index (κ1) is 38.1. The third kappa shape index (κ3) is 9.94. The molecule has 3 aliphatic rings. The van der Waals surface area contributed by atoms with Crippen molar-refractivity contribution in [3.8, 4) is 17.2 Å². The summed E-state index contributed by atoms with van der Waals surface area (Å²) in [5.41, 5.74) is 4.98. The average molecular weight is 634 g/mol. The Morgan fingerprint density at radius 3 is 2.13 bits per heavy atom. The molecule has 5 nitrogen and oxygen atoms in total. The zero-order valence-corrected chi connectivity index (χ0v) is 29.9. The van der Waals surface area contributed by atoms with Crippen LogP contribution in [0, 0.1) is 0 Å². The van der Waals surface area contributed by atoms with Crippen LogP contribution in [0.2, 0.25) is 0 Å². The molecule has 1 unspecified atom stereocenters. The predicted octanol–water partition coefficient (Wildman–Crippen LogP) is 9.04. The first-order chi connectivity index (χ1) is 22.0. The van der Waals surface area contributed by atoms with Gasteiger partial charge < -0.3 is 23.8 Å². The number of benzene rings is 3. The van der Waals surface area contributed by atoms with Gasteiger partial charge in [0.05, 0.1) is 5.41 Å². The van der Waals surface area contributed by atoms with Gasteiger partial charge in [-0.15, -0.1) is 22.4 Å². The third-order valence-electron chi connectivity index (χ3n) is 7.86. The van der Waals surface area contributed by atoms with Crippen LogP contribution >= 0.6 is 9.24 Å². The van der Waals surface area contributed by atoms with Crippen LogP contribution in [-0.4, -0.2) is 38.3 Å². The van der Waals surface area contributed by atoms with Crippen LogP contribution in [0.1, 0.15) is 76.1 Å². The van der Waals surface area contributed by atoms with Crippen molar-refractivity contribution in [3.63, 3.8) is 0 Å². The molecule has 0 amide bonds. The van der Waals surface area contributed by atoms with Gasteiger partial charge >= 0.3 is 0 Å². The Kier molecular flexibility index (Phi) is 17.0. The second-order valence-electron chi connectivity index (χ2n) is 10.6. The van der Waals surface area contributed by atoms with E-state index in [1.165, 1.54) is 16.4 Å². The summed E-state index contributed by atoms with van der Waals surface area (Å²) in [6.45, 7) is 19.9. The van der Waals surface area contributed by atoms with Crippen molar-refractivity contribution >= 4 is 14.5 Å². The van der Waals surface area contributed by atoms with Crippen molar-refractivity contribution in [1.82, 2.24) is 4.90 Å². The summed E-state index contributed by atoms with van der Waals surface area (Å²) in [5.74, 6) is 2.68. The molecule has 0 saturated heterocycles. The molecule has 1 aliphatic carbocycles. The van der Waals surface area contributed by atoms with Crippen LogP contribution in [0.3, 0.4) is 0 Å². The molecule has 45 heavy (non-hydrogen) atoms. The third-order valence-corrected chi connectivity index (χ3v) is 8.24. The Bertz CT molecular complexity index is 1290. The minimum atomic E-state index is -0.0116. The summed E-state index contributed by atoms with van der Waals surface area (Å²) < 4.78 is 23.5. The summed E-state index contributed by atoms with van der Waals surface area (Å²) >= 11 is 0. The number of hydrogen-bond donors (Lipinski definition) is 0. The molecule has 0 N–H and O–H groups in total. The molecular weight excluding hydrogens is 577 g/mol. The Morgan fingerprint density at radius 2 is 1.51 bits per heavy atom. The van der Waals surface area contributed by atoms with E-state index in [9.17, 15) is 0 Å². The molecule has 0 aromatic heterocycles. The van der Waals surface area contributed by atoms with E-state index in [0.717, 1.165) is 67.3 Å². The van der Waals surface area contributed by atoms with Crippen molar-refractivity contribution in [2.75, 3.05) is 27.3 Å². The lowest BCUT2D eigenvalue weighted by atomic mass is 9.69. The van der Waals surface area contributed by atoms with Gasteiger partial charge in [0.2, 0.25) is 0 Å². The molecule has 6 rings (SSSR count). The highest BCUT2D eigenvalue weighted by Crippen LogP contribution is 2.55. The van der Waals surface area contributed by atoms with Crippen molar-refractivity contribution in [3.05, 3.63) is 108 Å². The van der Waals surface area contributed by atoms with E-state index in [1.807, 2.05) is 46.8 Å². The second-order valence-corrected chi connectivity index (χ2v) is 11.2. The maximum atomic E-state index is 6.62. The number of ether oxygens (including phenoxy) is 4. The zero-order valence-electron chi connectivity index (χ0n) is 28.7. The average Bonchev–Trinajstić information content (AvgIpc) is 3.38. The molecule has 2 heterocycles. The van der Waals surface area contributed by atoms with Crippen LogP contribution in [0.4, 0.5) is 0 Å². The number of rotatable bonds is 7. The highest BCUT2D eigenvalue weighted by atomic mass is 31.0. The predicted molar refractivity (Wildman–Crippen MR) is 194 cm³/mol. The normalized spacial score (nSPS) is 18.6. The maximum absolute atomic E-state index is 6.62. The molecular formula is C39H56NO4P. The lowest BCUT2D eigenvalue weighted by Crippen LogP contribution is -2.39. The SMILES string of the molecule is C=C.CC.CC.CCOC.CN1CC[C@@]23C=CCC[C@@H]2Oc2c(OCc4ccc(OCc5ccc(P)cc5)cc4)ccc(c23)C1. The van der Waals surface area contributed by atoms with Crippen molar-refractivity contribution in [2.45, 2.75) is 85.2 Å². The summed E-state index contributed by atoms with van der Waals surface area (Å²) in [5, 5.41) is 1.18. The smallest absolute Gasteiger partial charge is 0.166 e.